The number of hydrogen-bond acceptors (Lipinski definition) is 3. The molecule has 120 valence electrons. The van der Waals surface area contributed by atoms with Gasteiger partial charge in [-0.05, 0) is 31.6 Å². The monoisotopic (exact) mass is 308 g/mol. The van der Waals surface area contributed by atoms with E-state index < -0.39 is 29.6 Å². The Kier molecular flexibility index (Phi) is 5.42. The van der Waals surface area contributed by atoms with Crippen LogP contribution in [0.3, 0.4) is 0 Å². The average molecular weight is 308 g/mol. The molecule has 0 spiro atoms. The molecule has 1 aliphatic carbocycles. The maximum Gasteiger partial charge on any atom is 0.391 e. The number of hydrogen-bond donors (Lipinski definition) is 1. The van der Waals surface area contributed by atoms with E-state index in [0.29, 0.717) is 6.08 Å². The Hall–Kier alpha value is -1.53. The van der Waals surface area contributed by atoms with E-state index in [-0.39, 0.29) is 31.6 Å². The van der Waals surface area contributed by atoms with Gasteiger partial charge in [-0.1, -0.05) is 13.8 Å². The summed E-state index contributed by atoms with van der Waals surface area (Å²) in [5.41, 5.74) is -0.957. The lowest BCUT2D eigenvalue weighted by Gasteiger charge is -2.42. The summed E-state index contributed by atoms with van der Waals surface area (Å²) < 4.78 is 43.3. The lowest BCUT2D eigenvalue weighted by Crippen LogP contribution is -2.45. The highest BCUT2D eigenvalue weighted by atomic mass is 19.4. The van der Waals surface area contributed by atoms with E-state index in [1.807, 2.05) is 0 Å². The van der Waals surface area contributed by atoms with Crippen LogP contribution in [0.15, 0.2) is 12.2 Å². The normalized spacial score (nSPS) is 27.0. The van der Waals surface area contributed by atoms with Crippen LogP contribution in [0.5, 0.6) is 0 Å². The molecule has 0 aromatic heterocycles. The highest BCUT2D eigenvalue weighted by Crippen LogP contribution is 2.45. The minimum Gasteiger partial charge on any atom is -0.478 e. The Morgan fingerprint density at radius 2 is 1.76 bits per heavy atom. The van der Waals surface area contributed by atoms with Crippen LogP contribution in [0.1, 0.15) is 39.5 Å². The molecule has 1 fully saturated rings. The van der Waals surface area contributed by atoms with Crippen molar-refractivity contribution in [1.82, 2.24) is 0 Å². The molecule has 0 unspecified atom stereocenters. The van der Waals surface area contributed by atoms with E-state index in [2.05, 4.69) is 0 Å². The number of carboxylic acids is 1. The zero-order chi connectivity index (χ0) is 16.3. The van der Waals surface area contributed by atoms with Crippen molar-refractivity contribution in [1.29, 1.82) is 0 Å². The molecule has 0 aromatic carbocycles. The van der Waals surface area contributed by atoms with Gasteiger partial charge in [-0.15, -0.1) is 0 Å². The van der Waals surface area contributed by atoms with Crippen molar-refractivity contribution in [3.63, 3.8) is 0 Å². The first kappa shape index (κ1) is 17.5. The van der Waals surface area contributed by atoms with E-state index in [0.717, 1.165) is 6.08 Å². The summed E-state index contributed by atoms with van der Waals surface area (Å²) >= 11 is 0. The van der Waals surface area contributed by atoms with Crippen LogP contribution in [0.25, 0.3) is 0 Å². The lowest BCUT2D eigenvalue weighted by atomic mass is 9.73. The maximum atomic E-state index is 12.7. The number of aliphatic carboxylic acids is 1. The fourth-order valence-electron chi connectivity index (χ4n) is 2.60. The van der Waals surface area contributed by atoms with Gasteiger partial charge < -0.3 is 9.84 Å². The van der Waals surface area contributed by atoms with Gasteiger partial charge in [-0.2, -0.15) is 13.2 Å². The van der Waals surface area contributed by atoms with Gasteiger partial charge in [0.25, 0.3) is 0 Å². The lowest BCUT2D eigenvalue weighted by molar-refractivity contribution is -0.201. The average Bonchev–Trinajstić information content (AvgIpc) is 2.35. The zero-order valence-electron chi connectivity index (χ0n) is 11.9. The van der Waals surface area contributed by atoms with Gasteiger partial charge in [0.2, 0.25) is 0 Å². The third-order valence-electron chi connectivity index (χ3n) is 4.01. The SMILES string of the molecule is CC(C)C1(OC(=O)/C=C/C(=O)O)CCC(C(F)(F)F)CC1. The van der Waals surface area contributed by atoms with Crippen molar-refractivity contribution in [2.24, 2.45) is 11.8 Å². The second kappa shape index (κ2) is 6.49. The first-order chi connectivity index (χ1) is 9.57. The van der Waals surface area contributed by atoms with Crippen LogP contribution in [-0.4, -0.2) is 28.8 Å². The predicted molar refractivity (Wildman–Crippen MR) is 68.4 cm³/mol. The number of esters is 1. The first-order valence-electron chi connectivity index (χ1n) is 6.77. The Labute approximate surface area is 121 Å². The van der Waals surface area contributed by atoms with Crippen LogP contribution in [0, 0.1) is 11.8 Å². The molecule has 1 N–H and O–H groups in total. The molecule has 0 amide bonds. The van der Waals surface area contributed by atoms with E-state index in [1.54, 1.807) is 13.8 Å². The maximum absolute atomic E-state index is 12.7. The van der Waals surface area contributed by atoms with Crippen molar-refractivity contribution >= 4 is 11.9 Å². The molecule has 0 heterocycles. The molecule has 0 bridgehead atoms. The summed E-state index contributed by atoms with van der Waals surface area (Å²) in [5.74, 6) is -3.63. The van der Waals surface area contributed by atoms with Crippen LogP contribution in [-0.2, 0) is 14.3 Å². The molecule has 7 heteroatoms. The molecule has 0 atom stereocenters. The van der Waals surface area contributed by atoms with Crippen LogP contribution >= 0.6 is 0 Å². The third-order valence-corrected chi connectivity index (χ3v) is 4.01. The predicted octanol–water partition coefficient (Wildman–Crippen LogP) is 3.32. The molecule has 21 heavy (non-hydrogen) atoms. The quantitative estimate of drug-likeness (QED) is 0.639. The molecule has 1 aliphatic rings. The number of ether oxygens (including phenoxy) is 1. The summed E-state index contributed by atoms with van der Waals surface area (Å²) in [6, 6.07) is 0. The van der Waals surface area contributed by atoms with E-state index in [4.69, 9.17) is 9.84 Å². The zero-order valence-corrected chi connectivity index (χ0v) is 11.9. The smallest absolute Gasteiger partial charge is 0.391 e. The van der Waals surface area contributed by atoms with E-state index >= 15 is 0 Å². The summed E-state index contributed by atoms with van der Waals surface area (Å²) in [6.07, 6.45) is -2.71. The molecule has 0 saturated heterocycles. The molecular weight excluding hydrogens is 289 g/mol. The standard InChI is InChI=1S/C14H19F3O4/c1-9(2)13(21-12(20)4-3-11(18)19)7-5-10(6-8-13)14(15,16)17/h3-4,9-10H,5-8H2,1-2H3,(H,18,19)/b4-3+. The van der Waals surface area contributed by atoms with Crippen LogP contribution in [0.4, 0.5) is 13.2 Å². The van der Waals surface area contributed by atoms with Crippen molar-refractivity contribution < 1.29 is 32.6 Å². The second-order valence-corrected chi connectivity index (χ2v) is 5.63. The van der Waals surface area contributed by atoms with Crippen molar-refractivity contribution in [2.45, 2.75) is 51.3 Å². The summed E-state index contributed by atoms with van der Waals surface area (Å²) in [6.45, 7) is 3.56. The Morgan fingerprint density at radius 1 is 1.24 bits per heavy atom. The number of carboxylic acid groups (broad SMARTS) is 1. The molecule has 0 radical (unpaired) electrons. The number of carbonyl (C=O) groups is 2. The largest absolute Gasteiger partial charge is 0.478 e. The molecule has 1 rings (SSSR count). The Bertz CT molecular complexity index is 418. The van der Waals surface area contributed by atoms with Gasteiger partial charge in [0.15, 0.2) is 0 Å². The van der Waals surface area contributed by atoms with Gasteiger partial charge in [-0.3, -0.25) is 0 Å². The number of alkyl halides is 3. The molecule has 0 aliphatic heterocycles. The molecule has 1 saturated carbocycles. The fourth-order valence-corrected chi connectivity index (χ4v) is 2.60. The molecular formula is C14H19F3O4. The minimum atomic E-state index is -4.23. The summed E-state index contributed by atoms with van der Waals surface area (Å²) in [5, 5.41) is 8.45. The number of rotatable bonds is 4. The highest BCUT2D eigenvalue weighted by Gasteiger charge is 2.48. The Morgan fingerprint density at radius 3 is 2.14 bits per heavy atom. The third kappa shape index (κ3) is 4.75. The minimum absolute atomic E-state index is 0.0857. The van der Waals surface area contributed by atoms with Gasteiger partial charge in [0, 0.05) is 12.2 Å². The van der Waals surface area contributed by atoms with E-state index in [9.17, 15) is 22.8 Å². The van der Waals surface area contributed by atoms with Gasteiger partial charge in [0.1, 0.15) is 5.60 Å². The van der Waals surface area contributed by atoms with E-state index in [1.165, 1.54) is 0 Å². The Balaban J connectivity index is 2.75. The topological polar surface area (TPSA) is 63.6 Å². The molecule has 4 nitrogen and oxygen atoms in total. The van der Waals surface area contributed by atoms with Gasteiger partial charge in [-0.25, -0.2) is 9.59 Å². The van der Waals surface area contributed by atoms with Crippen LogP contribution < -0.4 is 0 Å². The number of carbonyl (C=O) groups excluding carboxylic acids is 1. The highest BCUT2D eigenvalue weighted by molar-refractivity contribution is 5.90. The first-order valence-corrected chi connectivity index (χ1v) is 6.77. The molecule has 0 aromatic rings. The van der Waals surface area contributed by atoms with Gasteiger partial charge >= 0.3 is 18.1 Å². The fraction of sp³-hybridized carbons (Fsp3) is 0.714. The van der Waals surface area contributed by atoms with Crippen molar-refractivity contribution in [2.75, 3.05) is 0 Å². The van der Waals surface area contributed by atoms with Crippen molar-refractivity contribution in [3.05, 3.63) is 12.2 Å². The summed E-state index contributed by atoms with van der Waals surface area (Å²) in [7, 11) is 0. The van der Waals surface area contributed by atoms with Crippen molar-refractivity contribution in [3.8, 4) is 0 Å². The van der Waals surface area contributed by atoms with Crippen LogP contribution in [0.2, 0.25) is 0 Å². The number of halogens is 3. The summed E-state index contributed by atoms with van der Waals surface area (Å²) in [4.78, 5) is 22.0. The second-order valence-electron chi connectivity index (χ2n) is 5.63. The van der Waals surface area contributed by atoms with Gasteiger partial charge in [0.05, 0.1) is 5.92 Å².